The highest BCUT2D eigenvalue weighted by Crippen LogP contribution is 2.42. The Morgan fingerprint density at radius 2 is 2.24 bits per heavy atom. The molecule has 110 valence electrons. The van der Waals surface area contributed by atoms with Crippen molar-refractivity contribution in [3.8, 4) is 5.75 Å². The van der Waals surface area contributed by atoms with Gasteiger partial charge in [-0.2, -0.15) is 0 Å². The Bertz CT molecular complexity index is 592. The molecular weight excluding hydrogens is 282 g/mol. The van der Waals surface area contributed by atoms with E-state index in [4.69, 9.17) is 4.74 Å². The van der Waals surface area contributed by atoms with Crippen molar-refractivity contribution in [1.29, 1.82) is 0 Å². The van der Waals surface area contributed by atoms with Crippen LogP contribution in [0.4, 0.5) is 0 Å². The maximum Gasteiger partial charge on any atom is 0.137 e. The second-order valence-electron chi connectivity index (χ2n) is 5.22. The average molecular weight is 301 g/mol. The molecule has 1 aliphatic heterocycles. The van der Waals surface area contributed by atoms with Gasteiger partial charge in [-0.15, -0.1) is 11.8 Å². The van der Waals surface area contributed by atoms with Gasteiger partial charge in [-0.25, -0.2) is 0 Å². The van der Waals surface area contributed by atoms with Crippen LogP contribution in [0.2, 0.25) is 0 Å². The van der Waals surface area contributed by atoms with E-state index in [-0.39, 0.29) is 5.25 Å². The molecule has 3 rings (SSSR count). The normalized spacial score (nSPS) is 18.3. The lowest BCUT2D eigenvalue weighted by Crippen LogP contribution is -2.14. The van der Waals surface area contributed by atoms with Gasteiger partial charge in [0, 0.05) is 21.9 Å². The third-order valence-electron chi connectivity index (χ3n) is 3.57. The molecule has 4 heteroatoms. The van der Waals surface area contributed by atoms with Crippen LogP contribution >= 0.6 is 11.8 Å². The lowest BCUT2D eigenvalue weighted by Gasteiger charge is -2.17. The van der Waals surface area contributed by atoms with Crippen LogP contribution in [-0.4, -0.2) is 21.9 Å². The Balaban J connectivity index is 1.73. The van der Waals surface area contributed by atoms with Gasteiger partial charge in [-0.05, 0) is 30.5 Å². The summed E-state index contributed by atoms with van der Waals surface area (Å²) in [5.74, 6) is 0.730. The van der Waals surface area contributed by atoms with Gasteiger partial charge in [0.25, 0.3) is 0 Å². The Labute approximate surface area is 129 Å². The van der Waals surface area contributed by atoms with Crippen molar-refractivity contribution in [3.63, 3.8) is 0 Å². The van der Waals surface area contributed by atoms with Crippen LogP contribution in [0.5, 0.6) is 5.75 Å². The fraction of sp³-hybridized carbons (Fsp3) is 0.353. The first kappa shape index (κ1) is 14.4. The zero-order chi connectivity index (χ0) is 14.7. The fourth-order valence-corrected chi connectivity index (χ4v) is 3.83. The zero-order valence-corrected chi connectivity index (χ0v) is 12.8. The molecule has 2 heterocycles. The Hall–Kier alpha value is -1.52. The molecule has 0 radical (unpaired) electrons. The SMILES string of the molecule is CCCOc1cncc(C(O)C2Cc3ccccc3S2)c1. The van der Waals surface area contributed by atoms with E-state index in [2.05, 4.69) is 30.1 Å². The minimum absolute atomic E-state index is 0.144. The molecule has 0 amide bonds. The first-order valence-electron chi connectivity index (χ1n) is 7.28. The van der Waals surface area contributed by atoms with E-state index in [0.717, 1.165) is 24.2 Å². The highest BCUT2D eigenvalue weighted by Gasteiger charge is 2.29. The number of nitrogens with zero attached hydrogens (tertiary/aromatic N) is 1. The molecule has 2 aromatic rings. The van der Waals surface area contributed by atoms with Crippen LogP contribution < -0.4 is 4.74 Å². The Morgan fingerprint density at radius 3 is 3.05 bits per heavy atom. The molecule has 1 N–H and O–H groups in total. The van der Waals surface area contributed by atoms with E-state index in [0.29, 0.717) is 6.61 Å². The van der Waals surface area contributed by atoms with Gasteiger partial charge in [0.1, 0.15) is 5.75 Å². The largest absolute Gasteiger partial charge is 0.492 e. The fourth-order valence-electron chi connectivity index (χ4n) is 2.50. The Morgan fingerprint density at radius 1 is 1.38 bits per heavy atom. The van der Waals surface area contributed by atoms with Crippen LogP contribution in [0.1, 0.15) is 30.6 Å². The lowest BCUT2D eigenvalue weighted by molar-refractivity contribution is 0.174. The molecule has 0 fully saturated rings. The topological polar surface area (TPSA) is 42.4 Å². The summed E-state index contributed by atoms with van der Waals surface area (Å²) in [7, 11) is 0. The summed E-state index contributed by atoms with van der Waals surface area (Å²) >= 11 is 1.74. The molecular formula is C17H19NO2S. The van der Waals surface area contributed by atoms with E-state index in [1.54, 1.807) is 24.2 Å². The van der Waals surface area contributed by atoms with Gasteiger partial charge >= 0.3 is 0 Å². The van der Waals surface area contributed by atoms with E-state index in [1.165, 1.54) is 10.5 Å². The number of hydrogen-bond donors (Lipinski definition) is 1. The maximum absolute atomic E-state index is 10.6. The molecule has 1 aromatic carbocycles. The van der Waals surface area contributed by atoms with Crippen LogP contribution in [0.25, 0.3) is 0 Å². The van der Waals surface area contributed by atoms with Gasteiger partial charge in [-0.1, -0.05) is 25.1 Å². The summed E-state index contributed by atoms with van der Waals surface area (Å²) in [6.07, 6.45) is 4.75. The van der Waals surface area contributed by atoms with Gasteiger partial charge in [0.15, 0.2) is 0 Å². The minimum atomic E-state index is -0.528. The number of ether oxygens (including phenoxy) is 1. The molecule has 2 atom stereocenters. The molecule has 21 heavy (non-hydrogen) atoms. The van der Waals surface area contributed by atoms with Gasteiger partial charge in [-0.3, -0.25) is 4.98 Å². The molecule has 1 aliphatic rings. The molecule has 0 aliphatic carbocycles. The second-order valence-corrected chi connectivity index (χ2v) is 6.50. The number of rotatable bonds is 5. The smallest absolute Gasteiger partial charge is 0.137 e. The second kappa shape index (κ2) is 6.50. The molecule has 0 saturated carbocycles. The number of aliphatic hydroxyl groups excluding tert-OH is 1. The van der Waals surface area contributed by atoms with Gasteiger partial charge in [0.2, 0.25) is 0 Å². The van der Waals surface area contributed by atoms with Crippen LogP contribution in [0.15, 0.2) is 47.6 Å². The number of hydrogen-bond acceptors (Lipinski definition) is 4. The third-order valence-corrected chi connectivity index (χ3v) is 4.95. The minimum Gasteiger partial charge on any atom is -0.492 e. The first-order valence-corrected chi connectivity index (χ1v) is 8.16. The van der Waals surface area contributed by atoms with Crippen molar-refractivity contribution in [2.45, 2.75) is 36.0 Å². The number of thioether (sulfide) groups is 1. The van der Waals surface area contributed by atoms with Crippen molar-refractivity contribution >= 4 is 11.8 Å². The quantitative estimate of drug-likeness (QED) is 0.916. The Kier molecular flexibility index (Phi) is 4.46. The standard InChI is InChI=1S/C17H19NO2S/c1-2-7-20-14-8-13(10-18-11-14)17(19)16-9-12-5-3-4-6-15(12)21-16/h3-6,8,10-11,16-17,19H,2,7,9H2,1H3. The summed E-state index contributed by atoms with van der Waals surface area (Å²) in [6, 6.07) is 10.2. The predicted molar refractivity (Wildman–Crippen MR) is 84.8 cm³/mol. The van der Waals surface area contributed by atoms with E-state index in [9.17, 15) is 5.11 Å². The van der Waals surface area contributed by atoms with E-state index in [1.807, 2.05) is 12.1 Å². The van der Waals surface area contributed by atoms with Crippen molar-refractivity contribution < 1.29 is 9.84 Å². The zero-order valence-electron chi connectivity index (χ0n) is 12.0. The summed E-state index contributed by atoms with van der Waals surface area (Å²) in [4.78, 5) is 5.46. The van der Waals surface area contributed by atoms with Crippen LogP contribution in [-0.2, 0) is 6.42 Å². The van der Waals surface area contributed by atoms with Crippen molar-refractivity contribution in [2.75, 3.05) is 6.61 Å². The summed E-state index contributed by atoms with van der Waals surface area (Å²) in [6.45, 7) is 2.74. The lowest BCUT2D eigenvalue weighted by atomic mass is 10.0. The third kappa shape index (κ3) is 3.22. The highest BCUT2D eigenvalue weighted by molar-refractivity contribution is 8.00. The molecule has 2 unspecified atom stereocenters. The van der Waals surface area contributed by atoms with Crippen LogP contribution in [0, 0.1) is 0 Å². The number of fused-ring (bicyclic) bond motifs is 1. The summed E-state index contributed by atoms with van der Waals surface area (Å²) in [5.41, 5.74) is 2.15. The first-order chi connectivity index (χ1) is 10.3. The molecule has 0 saturated heterocycles. The number of aromatic nitrogens is 1. The van der Waals surface area contributed by atoms with E-state index < -0.39 is 6.10 Å². The highest BCUT2D eigenvalue weighted by atomic mass is 32.2. The monoisotopic (exact) mass is 301 g/mol. The van der Waals surface area contributed by atoms with Crippen molar-refractivity contribution in [2.24, 2.45) is 0 Å². The molecule has 0 bridgehead atoms. The predicted octanol–water partition coefficient (Wildman–Crippen LogP) is 3.62. The van der Waals surface area contributed by atoms with E-state index >= 15 is 0 Å². The molecule has 1 aromatic heterocycles. The summed E-state index contributed by atoms with van der Waals surface area (Å²) < 4.78 is 5.59. The number of benzene rings is 1. The number of aliphatic hydroxyl groups is 1. The van der Waals surface area contributed by atoms with Gasteiger partial charge in [0.05, 0.1) is 18.9 Å². The van der Waals surface area contributed by atoms with Crippen molar-refractivity contribution in [1.82, 2.24) is 4.98 Å². The number of pyridine rings is 1. The summed E-state index contributed by atoms with van der Waals surface area (Å²) in [5, 5.41) is 10.8. The van der Waals surface area contributed by atoms with Crippen molar-refractivity contribution in [3.05, 3.63) is 53.9 Å². The molecule has 3 nitrogen and oxygen atoms in total. The van der Waals surface area contributed by atoms with Crippen LogP contribution in [0.3, 0.4) is 0 Å². The molecule has 0 spiro atoms. The average Bonchev–Trinajstić information content (AvgIpc) is 2.96. The van der Waals surface area contributed by atoms with Gasteiger partial charge < -0.3 is 9.84 Å². The maximum atomic E-state index is 10.6.